The first-order chi connectivity index (χ1) is 9.08. The van der Waals surface area contributed by atoms with Crippen LogP contribution in [-0.2, 0) is 0 Å². The van der Waals surface area contributed by atoms with Gasteiger partial charge < -0.3 is 5.32 Å². The summed E-state index contributed by atoms with van der Waals surface area (Å²) in [5.74, 6) is -1.05. The van der Waals surface area contributed by atoms with Gasteiger partial charge >= 0.3 is 0 Å². The Morgan fingerprint density at radius 1 is 1.37 bits per heavy atom. The summed E-state index contributed by atoms with van der Waals surface area (Å²) in [6, 6.07) is 10.3. The van der Waals surface area contributed by atoms with Crippen LogP contribution in [0.2, 0.25) is 5.15 Å². The van der Waals surface area contributed by atoms with E-state index in [1.807, 2.05) is 37.3 Å². The number of pyridine rings is 1. The molecule has 0 saturated carbocycles. The number of halogens is 2. The molecule has 0 saturated heterocycles. The van der Waals surface area contributed by atoms with Crippen LogP contribution in [-0.4, -0.2) is 10.9 Å². The quantitative estimate of drug-likeness (QED) is 0.875. The van der Waals surface area contributed by atoms with E-state index in [2.05, 4.69) is 10.3 Å². The molecule has 0 aliphatic rings. The van der Waals surface area contributed by atoms with Gasteiger partial charge in [-0.2, -0.15) is 0 Å². The fourth-order valence-electron chi connectivity index (χ4n) is 1.68. The Kier molecular flexibility index (Phi) is 4.12. The van der Waals surface area contributed by atoms with Gasteiger partial charge in [0.15, 0.2) is 0 Å². The second-order valence-electron chi connectivity index (χ2n) is 4.10. The van der Waals surface area contributed by atoms with Gasteiger partial charge in [0, 0.05) is 0 Å². The van der Waals surface area contributed by atoms with Crippen molar-refractivity contribution in [1.82, 2.24) is 10.3 Å². The van der Waals surface area contributed by atoms with Crippen molar-refractivity contribution < 1.29 is 9.18 Å². The van der Waals surface area contributed by atoms with Gasteiger partial charge in [0.2, 0.25) is 0 Å². The van der Waals surface area contributed by atoms with Crippen LogP contribution in [0.5, 0.6) is 0 Å². The Hall–Kier alpha value is -1.94. The molecule has 1 heterocycles. The van der Waals surface area contributed by atoms with Gasteiger partial charge in [0.1, 0.15) is 11.0 Å². The third-order valence-electron chi connectivity index (χ3n) is 2.70. The molecule has 0 spiro atoms. The highest BCUT2D eigenvalue weighted by atomic mass is 35.5. The number of hydrogen-bond acceptors (Lipinski definition) is 2. The standard InChI is InChI=1S/C14H12ClFN2O/c1-9(10-5-3-2-4-6-10)18-14(19)12-7-11(16)8-17-13(12)15/h2-9H,1H3,(H,18,19)/t9-/m1/s1. The zero-order valence-corrected chi connectivity index (χ0v) is 11.0. The minimum atomic E-state index is -0.595. The smallest absolute Gasteiger partial charge is 0.254 e. The Morgan fingerprint density at radius 3 is 2.74 bits per heavy atom. The SMILES string of the molecule is C[C@@H](NC(=O)c1cc(F)cnc1Cl)c1ccccc1. The first-order valence-electron chi connectivity index (χ1n) is 5.75. The molecule has 5 heteroatoms. The van der Waals surface area contributed by atoms with Crippen molar-refractivity contribution in [3.63, 3.8) is 0 Å². The second kappa shape index (κ2) is 5.80. The molecule has 0 aliphatic heterocycles. The van der Waals surface area contributed by atoms with Crippen molar-refractivity contribution in [3.8, 4) is 0 Å². The molecule has 1 aromatic carbocycles. The predicted octanol–water partition coefficient (Wildman–Crippen LogP) is 3.37. The van der Waals surface area contributed by atoms with E-state index in [0.29, 0.717) is 0 Å². The summed E-state index contributed by atoms with van der Waals surface area (Å²) in [4.78, 5) is 15.6. The largest absolute Gasteiger partial charge is 0.345 e. The monoisotopic (exact) mass is 278 g/mol. The van der Waals surface area contributed by atoms with Crippen molar-refractivity contribution in [2.75, 3.05) is 0 Å². The highest BCUT2D eigenvalue weighted by molar-refractivity contribution is 6.32. The number of rotatable bonds is 3. The molecule has 2 aromatic rings. The molecule has 1 atom stereocenters. The molecule has 19 heavy (non-hydrogen) atoms. The number of carbonyl (C=O) groups excluding carboxylic acids is 1. The Bertz CT molecular complexity index is 589. The van der Waals surface area contributed by atoms with Crippen molar-refractivity contribution in [2.24, 2.45) is 0 Å². The van der Waals surface area contributed by atoms with E-state index in [0.717, 1.165) is 17.8 Å². The topological polar surface area (TPSA) is 42.0 Å². The molecule has 1 amide bonds. The fourth-order valence-corrected chi connectivity index (χ4v) is 1.87. The Balaban J connectivity index is 2.15. The van der Waals surface area contributed by atoms with Crippen molar-refractivity contribution >= 4 is 17.5 Å². The van der Waals surface area contributed by atoms with Gasteiger partial charge in [-0.25, -0.2) is 9.37 Å². The van der Waals surface area contributed by atoms with E-state index in [1.54, 1.807) is 0 Å². The van der Waals surface area contributed by atoms with Crippen molar-refractivity contribution in [2.45, 2.75) is 13.0 Å². The number of nitrogens with one attached hydrogen (secondary N) is 1. The number of nitrogens with zero attached hydrogens (tertiary/aromatic N) is 1. The molecule has 0 fully saturated rings. The Labute approximate surface area is 115 Å². The van der Waals surface area contributed by atoms with Crippen LogP contribution in [0, 0.1) is 5.82 Å². The highest BCUT2D eigenvalue weighted by Gasteiger charge is 2.15. The minimum absolute atomic E-state index is 0.0147. The zero-order chi connectivity index (χ0) is 13.8. The van der Waals surface area contributed by atoms with Crippen LogP contribution in [0.25, 0.3) is 0 Å². The van der Waals surface area contributed by atoms with E-state index < -0.39 is 11.7 Å². The van der Waals surface area contributed by atoms with Crippen LogP contribution >= 0.6 is 11.6 Å². The van der Waals surface area contributed by atoms with Crippen LogP contribution in [0.1, 0.15) is 28.9 Å². The van der Waals surface area contributed by atoms with Crippen LogP contribution in [0.4, 0.5) is 4.39 Å². The summed E-state index contributed by atoms with van der Waals surface area (Å²) >= 11 is 5.78. The molecule has 1 aromatic heterocycles. The van der Waals surface area contributed by atoms with Gasteiger partial charge in [-0.3, -0.25) is 4.79 Å². The van der Waals surface area contributed by atoms with Crippen LogP contribution < -0.4 is 5.32 Å². The van der Waals surface area contributed by atoms with Crippen LogP contribution in [0.15, 0.2) is 42.6 Å². The third-order valence-corrected chi connectivity index (χ3v) is 3.00. The normalized spacial score (nSPS) is 11.9. The molecule has 0 radical (unpaired) electrons. The summed E-state index contributed by atoms with van der Waals surface area (Å²) < 4.78 is 13.1. The highest BCUT2D eigenvalue weighted by Crippen LogP contribution is 2.16. The summed E-state index contributed by atoms with van der Waals surface area (Å²) in [6.45, 7) is 1.84. The molecule has 2 rings (SSSR count). The molecular formula is C14H12ClFN2O. The lowest BCUT2D eigenvalue weighted by Crippen LogP contribution is -2.27. The second-order valence-corrected chi connectivity index (χ2v) is 4.46. The van der Waals surface area contributed by atoms with Gasteiger partial charge in [-0.05, 0) is 18.6 Å². The number of aromatic nitrogens is 1. The van der Waals surface area contributed by atoms with E-state index in [4.69, 9.17) is 11.6 Å². The summed E-state index contributed by atoms with van der Waals surface area (Å²) in [5, 5.41) is 2.74. The van der Waals surface area contributed by atoms with E-state index in [9.17, 15) is 9.18 Å². The number of amides is 1. The van der Waals surface area contributed by atoms with Gasteiger partial charge in [-0.1, -0.05) is 41.9 Å². The third kappa shape index (κ3) is 3.29. The van der Waals surface area contributed by atoms with E-state index >= 15 is 0 Å². The molecule has 3 nitrogen and oxygen atoms in total. The molecule has 1 N–H and O–H groups in total. The zero-order valence-electron chi connectivity index (χ0n) is 10.2. The molecule has 0 unspecified atom stereocenters. The lowest BCUT2D eigenvalue weighted by atomic mass is 10.1. The lowest BCUT2D eigenvalue weighted by molar-refractivity contribution is 0.0939. The summed E-state index contributed by atoms with van der Waals surface area (Å²) in [7, 11) is 0. The number of benzene rings is 1. The molecule has 98 valence electrons. The van der Waals surface area contributed by atoms with Crippen LogP contribution in [0.3, 0.4) is 0 Å². The first-order valence-corrected chi connectivity index (χ1v) is 6.12. The summed E-state index contributed by atoms with van der Waals surface area (Å²) in [5.41, 5.74) is 0.987. The maximum absolute atomic E-state index is 13.1. The van der Waals surface area contributed by atoms with Crippen molar-refractivity contribution in [3.05, 3.63) is 64.7 Å². The average Bonchev–Trinajstić information content (AvgIpc) is 2.42. The van der Waals surface area contributed by atoms with Gasteiger partial charge in [-0.15, -0.1) is 0 Å². The molecule has 0 aliphatic carbocycles. The van der Waals surface area contributed by atoms with E-state index in [-0.39, 0.29) is 16.8 Å². The van der Waals surface area contributed by atoms with Gasteiger partial charge in [0.25, 0.3) is 5.91 Å². The van der Waals surface area contributed by atoms with E-state index in [1.165, 1.54) is 0 Å². The number of hydrogen-bond donors (Lipinski definition) is 1. The molecule has 0 bridgehead atoms. The lowest BCUT2D eigenvalue weighted by Gasteiger charge is -2.14. The average molecular weight is 279 g/mol. The number of carbonyl (C=O) groups is 1. The maximum Gasteiger partial charge on any atom is 0.254 e. The fraction of sp³-hybridized carbons (Fsp3) is 0.143. The van der Waals surface area contributed by atoms with Gasteiger partial charge in [0.05, 0.1) is 17.8 Å². The van der Waals surface area contributed by atoms with Crippen molar-refractivity contribution in [1.29, 1.82) is 0 Å². The maximum atomic E-state index is 13.1. The Morgan fingerprint density at radius 2 is 2.05 bits per heavy atom. The first kappa shape index (κ1) is 13.5. The predicted molar refractivity (Wildman–Crippen MR) is 71.5 cm³/mol. The summed E-state index contributed by atoms with van der Waals surface area (Å²) in [6.07, 6.45) is 0.972. The minimum Gasteiger partial charge on any atom is -0.345 e. The molecular weight excluding hydrogens is 267 g/mol.